The summed E-state index contributed by atoms with van der Waals surface area (Å²) in [6, 6.07) is 4.97. The molecule has 1 amide bonds. The van der Waals surface area contributed by atoms with E-state index < -0.39 is 0 Å². The highest BCUT2D eigenvalue weighted by Crippen LogP contribution is 2.26. The summed E-state index contributed by atoms with van der Waals surface area (Å²) in [6.45, 7) is 0. The van der Waals surface area contributed by atoms with E-state index in [0.717, 1.165) is 5.01 Å². The minimum absolute atomic E-state index is 0.523. The first-order valence-electron chi connectivity index (χ1n) is 3.09. The van der Waals surface area contributed by atoms with Gasteiger partial charge in [-0.25, -0.2) is 5.84 Å². The number of anilines is 1. The van der Waals surface area contributed by atoms with Crippen molar-refractivity contribution in [2.45, 2.75) is 0 Å². The van der Waals surface area contributed by atoms with Gasteiger partial charge in [0.25, 0.3) is 0 Å². The zero-order valence-corrected chi connectivity index (χ0v) is 8.34. The third-order valence-corrected chi connectivity index (χ3v) is 2.53. The summed E-state index contributed by atoms with van der Waals surface area (Å²) in [6.07, 6.45) is 0.523. The molecule has 3 nitrogen and oxygen atoms in total. The molecule has 0 spiro atoms. The molecular formula is C7H6BrClN2O. The van der Waals surface area contributed by atoms with Crippen molar-refractivity contribution in [1.82, 2.24) is 0 Å². The normalized spacial score (nSPS) is 9.58. The number of nitrogens with zero attached hydrogens (tertiary/aromatic N) is 1. The van der Waals surface area contributed by atoms with E-state index in [1.54, 1.807) is 18.2 Å². The fourth-order valence-electron chi connectivity index (χ4n) is 0.707. The SMILES string of the molecule is NN(C=O)c1ccc(Cl)c(Br)c1. The number of rotatable bonds is 2. The van der Waals surface area contributed by atoms with Gasteiger partial charge in [0.2, 0.25) is 6.41 Å². The van der Waals surface area contributed by atoms with Gasteiger partial charge < -0.3 is 0 Å². The zero-order valence-electron chi connectivity index (χ0n) is 6.00. The Morgan fingerprint density at radius 1 is 1.58 bits per heavy atom. The summed E-state index contributed by atoms with van der Waals surface area (Å²) in [5.74, 6) is 5.31. The lowest BCUT2D eigenvalue weighted by Crippen LogP contribution is -2.28. The summed E-state index contributed by atoms with van der Waals surface area (Å²) < 4.78 is 0.707. The predicted octanol–water partition coefficient (Wildman–Crippen LogP) is 1.94. The number of benzene rings is 1. The van der Waals surface area contributed by atoms with Crippen molar-refractivity contribution in [1.29, 1.82) is 0 Å². The number of hydrazine groups is 1. The van der Waals surface area contributed by atoms with E-state index in [1.807, 2.05) is 0 Å². The fraction of sp³-hybridized carbons (Fsp3) is 0. The molecule has 1 aromatic rings. The van der Waals surface area contributed by atoms with E-state index in [1.165, 1.54) is 0 Å². The van der Waals surface area contributed by atoms with Crippen molar-refractivity contribution in [3.05, 3.63) is 27.7 Å². The first-order valence-corrected chi connectivity index (χ1v) is 4.26. The smallest absolute Gasteiger partial charge is 0.228 e. The lowest BCUT2D eigenvalue weighted by atomic mass is 10.3. The van der Waals surface area contributed by atoms with Gasteiger partial charge in [-0.05, 0) is 34.1 Å². The second-order valence-electron chi connectivity index (χ2n) is 2.11. The highest BCUT2D eigenvalue weighted by atomic mass is 79.9. The quantitative estimate of drug-likeness (QED) is 0.377. The van der Waals surface area contributed by atoms with Crippen LogP contribution in [0.4, 0.5) is 5.69 Å². The van der Waals surface area contributed by atoms with Gasteiger partial charge in [0, 0.05) is 4.47 Å². The molecule has 0 aromatic heterocycles. The molecule has 64 valence electrons. The van der Waals surface area contributed by atoms with Gasteiger partial charge in [0.1, 0.15) is 0 Å². The van der Waals surface area contributed by atoms with Gasteiger partial charge in [-0.3, -0.25) is 9.80 Å². The summed E-state index contributed by atoms with van der Waals surface area (Å²) in [5, 5.41) is 1.55. The molecule has 0 aliphatic carbocycles. The number of carbonyl (C=O) groups is 1. The van der Waals surface area contributed by atoms with Crippen molar-refractivity contribution >= 4 is 39.6 Å². The predicted molar refractivity (Wildman–Crippen MR) is 51.9 cm³/mol. The van der Waals surface area contributed by atoms with E-state index in [4.69, 9.17) is 17.4 Å². The lowest BCUT2D eigenvalue weighted by Gasteiger charge is -2.10. The van der Waals surface area contributed by atoms with Crippen LogP contribution in [0, 0.1) is 0 Å². The Bertz CT molecular complexity index is 305. The molecule has 0 saturated carbocycles. The van der Waals surface area contributed by atoms with E-state index in [9.17, 15) is 4.79 Å². The van der Waals surface area contributed by atoms with Gasteiger partial charge in [0.15, 0.2) is 0 Å². The third-order valence-electron chi connectivity index (χ3n) is 1.31. The van der Waals surface area contributed by atoms with Crippen LogP contribution >= 0.6 is 27.5 Å². The van der Waals surface area contributed by atoms with Crippen LogP contribution in [-0.4, -0.2) is 6.41 Å². The van der Waals surface area contributed by atoms with Crippen molar-refractivity contribution < 1.29 is 4.79 Å². The number of hydrogen-bond donors (Lipinski definition) is 1. The molecule has 1 rings (SSSR count). The molecule has 0 saturated heterocycles. The van der Waals surface area contributed by atoms with E-state index >= 15 is 0 Å². The number of hydrogen-bond acceptors (Lipinski definition) is 2. The maximum atomic E-state index is 10.3. The summed E-state index contributed by atoms with van der Waals surface area (Å²) >= 11 is 8.95. The molecule has 0 unspecified atom stereocenters. The van der Waals surface area contributed by atoms with Crippen LogP contribution in [0.5, 0.6) is 0 Å². The van der Waals surface area contributed by atoms with Gasteiger partial charge in [-0.15, -0.1) is 0 Å². The molecule has 2 N–H and O–H groups in total. The second-order valence-corrected chi connectivity index (χ2v) is 3.37. The Hall–Kier alpha value is -0.580. The minimum atomic E-state index is 0.523. The van der Waals surface area contributed by atoms with Gasteiger partial charge in [-0.2, -0.15) is 0 Å². The van der Waals surface area contributed by atoms with Crippen LogP contribution in [0.25, 0.3) is 0 Å². The standard InChI is InChI=1S/C7H6BrClN2O/c8-6-3-5(11(10)4-12)1-2-7(6)9/h1-4H,10H2. The molecule has 0 heterocycles. The molecule has 0 bridgehead atoms. The summed E-state index contributed by atoms with van der Waals surface area (Å²) in [4.78, 5) is 10.3. The highest BCUT2D eigenvalue weighted by Gasteiger charge is 2.02. The van der Waals surface area contributed by atoms with Crippen molar-refractivity contribution in [3.8, 4) is 0 Å². The maximum absolute atomic E-state index is 10.3. The van der Waals surface area contributed by atoms with Crippen LogP contribution in [0.15, 0.2) is 22.7 Å². The number of halogens is 2. The minimum Gasteiger partial charge on any atom is -0.277 e. The largest absolute Gasteiger partial charge is 0.277 e. The first kappa shape index (κ1) is 9.51. The fourth-order valence-corrected chi connectivity index (χ4v) is 1.19. The number of amides is 1. The highest BCUT2D eigenvalue weighted by molar-refractivity contribution is 9.10. The molecule has 0 aliphatic heterocycles. The molecule has 0 atom stereocenters. The van der Waals surface area contributed by atoms with Crippen LogP contribution in [0.3, 0.4) is 0 Å². The molecule has 0 fully saturated rings. The van der Waals surface area contributed by atoms with E-state index in [-0.39, 0.29) is 0 Å². The van der Waals surface area contributed by atoms with Gasteiger partial charge in [-0.1, -0.05) is 11.6 Å². The van der Waals surface area contributed by atoms with Crippen molar-refractivity contribution in [2.75, 3.05) is 5.01 Å². The topological polar surface area (TPSA) is 46.3 Å². The van der Waals surface area contributed by atoms with Crippen LogP contribution in [0.2, 0.25) is 5.02 Å². The van der Waals surface area contributed by atoms with E-state index in [0.29, 0.717) is 21.6 Å². The maximum Gasteiger partial charge on any atom is 0.228 e. The number of carbonyl (C=O) groups excluding carboxylic acids is 1. The average Bonchev–Trinajstić information content (AvgIpc) is 2.08. The second kappa shape index (κ2) is 3.89. The van der Waals surface area contributed by atoms with E-state index in [2.05, 4.69) is 15.9 Å². The Morgan fingerprint density at radius 3 is 2.75 bits per heavy atom. The van der Waals surface area contributed by atoms with Crippen molar-refractivity contribution in [3.63, 3.8) is 0 Å². The lowest BCUT2D eigenvalue weighted by molar-refractivity contribution is -0.107. The average molecular weight is 249 g/mol. The van der Waals surface area contributed by atoms with Gasteiger partial charge in [0.05, 0.1) is 10.7 Å². The van der Waals surface area contributed by atoms with Crippen LogP contribution in [-0.2, 0) is 4.79 Å². The number of nitrogens with two attached hydrogens (primary N) is 1. The Morgan fingerprint density at radius 2 is 2.25 bits per heavy atom. The van der Waals surface area contributed by atoms with Crippen LogP contribution in [0.1, 0.15) is 0 Å². The third kappa shape index (κ3) is 1.97. The molecular weight excluding hydrogens is 243 g/mol. The molecule has 12 heavy (non-hydrogen) atoms. The summed E-state index contributed by atoms with van der Waals surface area (Å²) in [5.41, 5.74) is 0.585. The van der Waals surface area contributed by atoms with Crippen molar-refractivity contribution in [2.24, 2.45) is 5.84 Å². The first-order chi connectivity index (χ1) is 5.65. The monoisotopic (exact) mass is 248 g/mol. The molecule has 0 aliphatic rings. The van der Waals surface area contributed by atoms with Gasteiger partial charge >= 0.3 is 0 Å². The Kier molecular flexibility index (Phi) is 3.08. The Labute approximate surface area is 83.2 Å². The molecule has 0 radical (unpaired) electrons. The molecule has 5 heteroatoms. The van der Waals surface area contributed by atoms with Crippen LogP contribution < -0.4 is 10.9 Å². The Balaban J connectivity index is 3.04. The zero-order chi connectivity index (χ0) is 9.14. The molecule has 1 aromatic carbocycles. The summed E-state index contributed by atoms with van der Waals surface area (Å²) in [7, 11) is 0.